The molecular weight excluding hydrogens is 240 g/mol. The Morgan fingerprint density at radius 2 is 1.89 bits per heavy atom. The van der Waals surface area contributed by atoms with Gasteiger partial charge in [0.15, 0.2) is 0 Å². The molecule has 0 radical (unpaired) electrons. The number of hydrogen-bond donors (Lipinski definition) is 0. The first-order valence-electron chi connectivity index (χ1n) is 6.18. The lowest BCUT2D eigenvalue weighted by Gasteiger charge is -2.09. The van der Waals surface area contributed by atoms with Gasteiger partial charge in [-0.15, -0.1) is 0 Å². The number of carbonyl (C=O) groups excluding carboxylic acids is 1. The van der Waals surface area contributed by atoms with Crippen LogP contribution in [0.4, 0.5) is 0 Å². The summed E-state index contributed by atoms with van der Waals surface area (Å²) >= 11 is 0. The molecule has 19 heavy (non-hydrogen) atoms. The summed E-state index contributed by atoms with van der Waals surface area (Å²) in [5.74, 6) is 1.11. The fourth-order valence-electron chi connectivity index (χ4n) is 1.81. The van der Waals surface area contributed by atoms with Gasteiger partial charge < -0.3 is 9.47 Å². The van der Waals surface area contributed by atoms with Gasteiger partial charge >= 0.3 is 5.97 Å². The van der Waals surface area contributed by atoms with E-state index in [0.717, 1.165) is 16.9 Å². The molecule has 0 aliphatic carbocycles. The number of benzene rings is 2. The first kappa shape index (κ1) is 13.1. The Balaban J connectivity index is 2.35. The molecule has 0 spiro atoms. The minimum atomic E-state index is -0.239. The third kappa shape index (κ3) is 3.13. The van der Waals surface area contributed by atoms with E-state index in [1.54, 1.807) is 20.1 Å². The topological polar surface area (TPSA) is 35.5 Å². The van der Waals surface area contributed by atoms with Crippen molar-refractivity contribution >= 4 is 5.97 Å². The lowest BCUT2D eigenvalue weighted by molar-refractivity contribution is -0.134. The van der Waals surface area contributed by atoms with Crippen LogP contribution in [-0.2, 0) is 4.79 Å². The molecule has 0 aliphatic heterocycles. The second-order valence-corrected chi connectivity index (χ2v) is 4.06. The van der Waals surface area contributed by atoms with Crippen molar-refractivity contribution in [2.45, 2.75) is 13.3 Å². The average Bonchev–Trinajstić information content (AvgIpc) is 2.47. The number of methoxy groups -OCH3 is 1. The zero-order valence-corrected chi connectivity index (χ0v) is 11.1. The summed E-state index contributed by atoms with van der Waals surface area (Å²) in [5.41, 5.74) is 1.93. The van der Waals surface area contributed by atoms with Crippen LogP contribution in [0.5, 0.6) is 11.5 Å². The van der Waals surface area contributed by atoms with Gasteiger partial charge in [0.2, 0.25) is 0 Å². The largest absolute Gasteiger partial charge is 0.496 e. The normalized spacial score (nSPS) is 10.0. The van der Waals surface area contributed by atoms with Gasteiger partial charge in [-0.25, -0.2) is 0 Å². The SMILES string of the molecule is CCC(=O)Oc1cccc(-c2ccccc2OC)c1. The van der Waals surface area contributed by atoms with Crippen LogP contribution in [-0.4, -0.2) is 13.1 Å². The van der Waals surface area contributed by atoms with Crippen LogP contribution in [0.3, 0.4) is 0 Å². The molecule has 0 heterocycles. The Morgan fingerprint density at radius 1 is 1.11 bits per heavy atom. The second-order valence-electron chi connectivity index (χ2n) is 4.06. The Hall–Kier alpha value is -2.29. The molecule has 0 amide bonds. The highest BCUT2D eigenvalue weighted by Crippen LogP contribution is 2.31. The van der Waals surface area contributed by atoms with Crippen LogP contribution in [0.15, 0.2) is 48.5 Å². The molecule has 3 nitrogen and oxygen atoms in total. The molecule has 2 aromatic rings. The number of para-hydroxylation sites is 1. The molecule has 0 aliphatic rings. The molecule has 0 fully saturated rings. The van der Waals surface area contributed by atoms with Gasteiger partial charge in [0.1, 0.15) is 11.5 Å². The highest BCUT2D eigenvalue weighted by atomic mass is 16.5. The summed E-state index contributed by atoms with van der Waals surface area (Å²) in [6.07, 6.45) is 0.360. The molecule has 2 rings (SSSR count). The van der Waals surface area contributed by atoms with Gasteiger partial charge in [-0.3, -0.25) is 4.79 Å². The number of esters is 1. The van der Waals surface area contributed by atoms with Gasteiger partial charge in [-0.05, 0) is 23.8 Å². The van der Waals surface area contributed by atoms with Crippen LogP contribution in [0.25, 0.3) is 11.1 Å². The van der Waals surface area contributed by atoms with Crippen molar-refractivity contribution in [3.8, 4) is 22.6 Å². The molecule has 0 aromatic heterocycles. The number of ether oxygens (including phenoxy) is 2. The number of hydrogen-bond acceptors (Lipinski definition) is 3. The predicted octanol–water partition coefficient (Wildman–Crippen LogP) is 3.68. The minimum absolute atomic E-state index is 0.239. The van der Waals surface area contributed by atoms with E-state index in [9.17, 15) is 4.79 Å². The molecular formula is C16H16O3. The van der Waals surface area contributed by atoms with Crippen LogP contribution in [0, 0.1) is 0 Å². The lowest BCUT2D eigenvalue weighted by atomic mass is 10.0. The van der Waals surface area contributed by atoms with E-state index in [1.165, 1.54) is 0 Å². The summed E-state index contributed by atoms with van der Waals surface area (Å²) in [4.78, 5) is 11.3. The Bertz CT molecular complexity index is 576. The molecule has 0 bridgehead atoms. The summed E-state index contributed by atoms with van der Waals surface area (Å²) in [6, 6.07) is 15.2. The van der Waals surface area contributed by atoms with E-state index < -0.39 is 0 Å². The first-order valence-corrected chi connectivity index (χ1v) is 6.18. The summed E-state index contributed by atoms with van der Waals surface area (Å²) < 4.78 is 10.6. The minimum Gasteiger partial charge on any atom is -0.496 e. The van der Waals surface area contributed by atoms with Crippen molar-refractivity contribution in [3.63, 3.8) is 0 Å². The fourth-order valence-corrected chi connectivity index (χ4v) is 1.81. The van der Waals surface area contributed by atoms with Crippen LogP contribution in [0.1, 0.15) is 13.3 Å². The maximum absolute atomic E-state index is 11.3. The van der Waals surface area contributed by atoms with Gasteiger partial charge in [-0.1, -0.05) is 37.3 Å². The van der Waals surface area contributed by atoms with Crippen molar-refractivity contribution in [2.24, 2.45) is 0 Å². The van der Waals surface area contributed by atoms with Crippen molar-refractivity contribution in [1.29, 1.82) is 0 Å². The van der Waals surface area contributed by atoms with E-state index in [4.69, 9.17) is 9.47 Å². The maximum atomic E-state index is 11.3. The van der Waals surface area contributed by atoms with E-state index >= 15 is 0 Å². The monoisotopic (exact) mass is 256 g/mol. The Morgan fingerprint density at radius 3 is 2.63 bits per heavy atom. The fraction of sp³-hybridized carbons (Fsp3) is 0.188. The Kier molecular flexibility index (Phi) is 4.18. The predicted molar refractivity (Wildman–Crippen MR) is 74.4 cm³/mol. The molecule has 0 N–H and O–H groups in total. The van der Waals surface area contributed by atoms with Gasteiger partial charge in [0.25, 0.3) is 0 Å². The maximum Gasteiger partial charge on any atom is 0.310 e. The standard InChI is InChI=1S/C16H16O3/c1-3-16(17)19-13-8-6-7-12(11-13)14-9-4-5-10-15(14)18-2/h4-11H,3H2,1-2H3. The van der Waals surface area contributed by atoms with Crippen molar-refractivity contribution in [2.75, 3.05) is 7.11 Å². The molecule has 3 heteroatoms. The number of rotatable bonds is 4. The van der Waals surface area contributed by atoms with Crippen molar-refractivity contribution < 1.29 is 14.3 Å². The molecule has 0 unspecified atom stereocenters. The molecule has 98 valence electrons. The second kappa shape index (κ2) is 6.05. The molecule has 0 atom stereocenters. The quantitative estimate of drug-likeness (QED) is 0.618. The van der Waals surface area contributed by atoms with Crippen molar-refractivity contribution in [3.05, 3.63) is 48.5 Å². The Labute approximate surface area is 112 Å². The van der Waals surface area contributed by atoms with Gasteiger partial charge in [-0.2, -0.15) is 0 Å². The lowest BCUT2D eigenvalue weighted by Crippen LogP contribution is -2.05. The van der Waals surface area contributed by atoms with Gasteiger partial charge in [0, 0.05) is 12.0 Å². The summed E-state index contributed by atoms with van der Waals surface area (Å²) in [5, 5.41) is 0. The van der Waals surface area contributed by atoms with Crippen LogP contribution in [0.2, 0.25) is 0 Å². The first-order chi connectivity index (χ1) is 9.24. The third-order valence-electron chi connectivity index (χ3n) is 2.77. The van der Waals surface area contributed by atoms with E-state index in [2.05, 4.69) is 0 Å². The van der Waals surface area contributed by atoms with E-state index in [0.29, 0.717) is 12.2 Å². The number of carbonyl (C=O) groups is 1. The molecule has 2 aromatic carbocycles. The molecule has 0 saturated carbocycles. The zero-order chi connectivity index (χ0) is 13.7. The highest BCUT2D eigenvalue weighted by Gasteiger charge is 2.07. The van der Waals surface area contributed by atoms with Crippen LogP contribution >= 0.6 is 0 Å². The van der Waals surface area contributed by atoms with Crippen molar-refractivity contribution in [1.82, 2.24) is 0 Å². The summed E-state index contributed by atoms with van der Waals surface area (Å²) in [6.45, 7) is 1.77. The third-order valence-corrected chi connectivity index (χ3v) is 2.77. The van der Waals surface area contributed by atoms with E-state index in [-0.39, 0.29) is 5.97 Å². The summed E-state index contributed by atoms with van der Waals surface area (Å²) in [7, 11) is 1.64. The zero-order valence-electron chi connectivity index (χ0n) is 11.1. The average molecular weight is 256 g/mol. The van der Waals surface area contributed by atoms with Crippen LogP contribution < -0.4 is 9.47 Å². The highest BCUT2D eigenvalue weighted by molar-refractivity contribution is 5.75. The smallest absolute Gasteiger partial charge is 0.310 e. The van der Waals surface area contributed by atoms with E-state index in [1.807, 2.05) is 42.5 Å². The van der Waals surface area contributed by atoms with Gasteiger partial charge in [0.05, 0.1) is 7.11 Å². The molecule has 0 saturated heterocycles.